The van der Waals surface area contributed by atoms with Gasteiger partial charge in [-0.2, -0.15) is 0 Å². The van der Waals surface area contributed by atoms with E-state index in [0.29, 0.717) is 12.0 Å². The van der Waals surface area contributed by atoms with Crippen molar-refractivity contribution in [3.05, 3.63) is 28.7 Å². The molecule has 0 aliphatic carbocycles. The first-order valence-corrected chi connectivity index (χ1v) is 6.68. The number of hydrogen-bond donors (Lipinski definition) is 1. The molecule has 0 aromatic heterocycles. The third-order valence-electron chi connectivity index (χ3n) is 3.15. The van der Waals surface area contributed by atoms with E-state index in [1.165, 1.54) is 12.1 Å². The predicted octanol–water partition coefficient (Wildman–Crippen LogP) is 3.68. The number of hydrogen-bond acceptors (Lipinski definition) is 2. The van der Waals surface area contributed by atoms with Crippen LogP contribution in [0.1, 0.15) is 19.8 Å². The molecule has 0 radical (unpaired) electrons. The van der Waals surface area contributed by atoms with Gasteiger partial charge in [0.05, 0.1) is 6.61 Å². The van der Waals surface area contributed by atoms with Crippen LogP contribution in [-0.2, 0) is 4.74 Å². The molecule has 1 aliphatic heterocycles. The lowest BCUT2D eigenvalue weighted by molar-refractivity contribution is 0.182. The van der Waals surface area contributed by atoms with E-state index in [4.69, 9.17) is 4.74 Å². The maximum Gasteiger partial charge on any atom is 0.0514 e. The van der Waals surface area contributed by atoms with Crippen molar-refractivity contribution in [1.82, 2.24) is 0 Å². The van der Waals surface area contributed by atoms with Crippen LogP contribution in [0.2, 0.25) is 0 Å². The van der Waals surface area contributed by atoms with Crippen molar-refractivity contribution in [2.75, 3.05) is 18.5 Å². The summed E-state index contributed by atoms with van der Waals surface area (Å²) in [7, 11) is 0. The Hall–Kier alpha value is -0.540. The van der Waals surface area contributed by atoms with Crippen LogP contribution in [0.3, 0.4) is 0 Å². The minimum Gasteiger partial charge on any atom is -0.382 e. The summed E-state index contributed by atoms with van der Waals surface area (Å²) < 4.78 is 6.57. The summed E-state index contributed by atoms with van der Waals surface area (Å²) in [4.78, 5) is 0. The van der Waals surface area contributed by atoms with Crippen LogP contribution in [0.4, 0.5) is 5.69 Å². The van der Waals surface area contributed by atoms with E-state index in [1.807, 2.05) is 6.07 Å². The highest BCUT2D eigenvalue weighted by Gasteiger charge is 2.24. The van der Waals surface area contributed by atoms with Crippen LogP contribution in [-0.4, -0.2) is 19.3 Å². The van der Waals surface area contributed by atoms with Crippen LogP contribution in [0, 0.1) is 5.92 Å². The third kappa shape index (κ3) is 2.98. The Labute approximate surface area is 106 Å². The number of rotatable bonds is 4. The van der Waals surface area contributed by atoms with E-state index in [0.717, 1.165) is 24.1 Å². The fourth-order valence-electron chi connectivity index (χ4n) is 2.22. The van der Waals surface area contributed by atoms with Gasteiger partial charge in [-0.15, -0.1) is 0 Å². The number of halogens is 1. The topological polar surface area (TPSA) is 21.3 Å². The molecule has 2 atom stereocenters. The van der Waals surface area contributed by atoms with Crippen molar-refractivity contribution in [3.8, 4) is 0 Å². The second kappa shape index (κ2) is 5.69. The summed E-state index contributed by atoms with van der Waals surface area (Å²) in [5.74, 6) is 0.656. The van der Waals surface area contributed by atoms with E-state index in [9.17, 15) is 0 Å². The lowest BCUT2D eigenvalue weighted by atomic mass is 9.96. The van der Waals surface area contributed by atoms with Gasteiger partial charge >= 0.3 is 0 Å². The van der Waals surface area contributed by atoms with Crippen LogP contribution in [0.15, 0.2) is 28.7 Å². The van der Waals surface area contributed by atoms with Gasteiger partial charge < -0.3 is 10.1 Å². The summed E-state index contributed by atoms with van der Waals surface area (Å²) in [6.07, 6.45) is 2.32. The quantitative estimate of drug-likeness (QED) is 0.910. The fourth-order valence-corrected chi connectivity index (χ4v) is 2.61. The summed E-state index contributed by atoms with van der Waals surface area (Å²) in [6, 6.07) is 8.87. The molecule has 0 bridgehead atoms. The molecule has 2 nitrogen and oxygen atoms in total. The van der Waals surface area contributed by atoms with Crippen molar-refractivity contribution >= 4 is 21.6 Å². The second-order valence-electron chi connectivity index (χ2n) is 4.29. The third-order valence-corrected chi connectivity index (χ3v) is 3.64. The lowest BCUT2D eigenvalue weighted by Crippen LogP contribution is -2.28. The highest BCUT2D eigenvalue weighted by atomic mass is 79.9. The largest absolute Gasteiger partial charge is 0.382 e. The summed E-state index contributed by atoms with van der Waals surface area (Å²) in [5.41, 5.74) is 1.19. The molecule has 0 spiro atoms. The molecule has 3 heteroatoms. The maximum atomic E-state index is 5.45. The predicted molar refractivity (Wildman–Crippen MR) is 70.8 cm³/mol. The Kier molecular flexibility index (Phi) is 4.24. The van der Waals surface area contributed by atoms with Crippen LogP contribution >= 0.6 is 15.9 Å². The minimum atomic E-state index is 0.525. The van der Waals surface area contributed by atoms with Gasteiger partial charge in [0.15, 0.2) is 0 Å². The van der Waals surface area contributed by atoms with E-state index in [-0.39, 0.29) is 0 Å². The first kappa shape index (κ1) is 11.9. The van der Waals surface area contributed by atoms with E-state index in [1.54, 1.807) is 0 Å². The maximum absolute atomic E-state index is 5.45. The van der Waals surface area contributed by atoms with Crippen LogP contribution in [0.5, 0.6) is 0 Å². The van der Waals surface area contributed by atoms with Gasteiger partial charge in [0.2, 0.25) is 0 Å². The molecule has 0 amide bonds. The van der Waals surface area contributed by atoms with Crippen LogP contribution < -0.4 is 5.32 Å². The van der Waals surface area contributed by atoms with Crippen molar-refractivity contribution in [3.63, 3.8) is 0 Å². The van der Waals surface area contributed by atoms with E-state index >= 15 is 0 Å². The molecule has 1 aromatic rings. The molecule has 2 rings (SSSR count). The zero-order valence-electron chi connectivity index (χ0n) is 9.58. The molecule has 1 heterocycles. The molecule has 0 saturated carbocycles. The summed E-state index contributed by atoms with van der Waals surface area (Å²) >= 11 is 3.49. The van der Waals surface area contributed by atoms with Crippen molar-refractivity contribution < 1.29 is 4.74 Å². The van der Waals surface area contributed by atoms with Gasteiger partial charge in [-0.1, -0.05) is 28.9 Å². The highest BCUT2D eigenvalue weighted by molar-refractivity contribution is 9.10. The summed E-state index contributed by atoms with van der Waals surface area (Å²) in [5, 5.41) is 3.60. The Bertz CT molecular complexity index is 336. The Balaban J connectivity index is 2.00. The number of nitrogens with one attached hydrogen (secondary N) is 1. The smallest absolute Gasteiger partial charge is 0.0514 e. The molecule has 88 valence electrons. The Morgan fingerprint density at radius 3 is 3.06 bits per heavy atom. The van der Waals surface area contributed by atoms with Crippen molar-refractivity contribution in [2.24, 2.45) is 5.92 Å². The molecule has 1 N–H and O–H groups in total. The van der Waals surface area contributed by atoms with Gasteiger partial charge in [-0.05, 0) is 31.0 Å². The summed E-state index contributed by atoms with van der Waals surface area (Å²) in [6.45, 7) is 4.05. The number of ether oxygens (including phenoxy) is 1. The van der Waals surface area contributed by atoms with Gasteiger partial charge in [0.1, 0.15) is 0 Å². The fraction of sp³-hybridized carbons (Fsp3) is 0.538. The first-order chi connectivity index (χ1) is 7.79. The molecule has 2 unspecified atom stereocenters. The number of benzene rings is 1. The zero-order valence-corrected chi connectivity index (χ0v) is 11.2. The zero-order chi connectivity index (χ0) is 11.4. The molecule has 16 heavy (non-hydrogen) atoms. The highest BCUT2D eigenvalue weighted by Crippen LogP contribution is 2.24. The van der Waals surface area contributed by atoms with Crippen molar-refractivity contribution in [1.29, 1.82) is 0 Å². The normalized spacial score (nSPS) is 22.0. The Morgan fingerprint density at radius 2 is 2.44 bits per heavy atom. The van der Waals surface area contributed by atoms with Gasteiger partial charge in [-0.3, -0.25) is 0 Å². The molecular formula is C13H18BrNO. The molecule has 1 fully saturated rings. The van der Waals surface area contributed by atoms with E-state index in [2.05, 4.69) is 46.4 Å². The molecule has 1 saturated heterocycles. The van der Waals surface area contributed by atoms with Gasteiger partial charge in [-0.25, -0.2) is 0 Å². The van der Waals surface area contributed by atoms with E-state index < -0.39 is 0 Å². The second-order valence-corrected chi connectivity index (χ2v) is 5.21. The first-order valence-electron chi connectivity index (χ1n) is 5.89. The van der Waals surface area contributed by atoms with Crippen LogP contribution in [0.25, 0.3) is 0 Å². The molecule has 1 aliphatic rings. The Morgan fingerprint density at radius 1 is 1.56 bits per heavy atom. The lowest BCUT2D eigenvalue weighted by Gasteiger charge is -2.23. The molecular weight excluding hydrogens is 266 g/mol. The van der Waals surface area contributed by atoms with Gasteiger partial charge in [0.25, 0.3) is 0 Å². The average molecular weight is 284 g/mol. The SMILES string of the molecule is CCC(Nc1cccc(Br)c1)C1CCOC1. The average Bonchev–Trinajstić information content (AvgIpc) is 2.79. The minimum absolute atomic E-state index is 0.525. The molecule has 1 aromatic carbocycles. The van der Waals surface area contributed by atoms with Crippen molar-refractivity contribution in [2.45, 2.75) is 25.8 Å². The van der Waals surface area contributed by atoms with Gasteiger partial charge in [0, 0.05) is 28.7 Å². The standard InChI is InChI=1S/C13H18BrNO/c1-2-13(10-6-7-16-9-10)15-12-5-3-4-11(14)8-12/h3-5,8,10,13,15H,2,6-7,9H2,1H3. The monoisotopic (exact) mass is 283 g/mol. The number of anilines is 1.